The number of pyridine rings is 1. The van der Waals surface area contributed by atoms with Crippen molar-refractivity contribution >= 4 is 10.9 Å². The Labute approximate surface area is 109 Å². The fraction of sp³-hybridized carbons (Fsp3) is 0.438. The summed E-state index contributed by atoms with van der Waals surface area (Å²) < 4.78 is 0. The Kier molecular flexibility index (Phi) is 3.16. The number of hydrogen-bond acceptors (Lipinski definition) is 2. The molecule has 0 spiro atoms. The molecule has 0 aliphatic heterocycles. The molecule has 2 nitrogen and oxygen atoms in total. The SMILES string of the molecule is Cc1ccc2nc(C(C)C)cc(C(C)(C)N)c2c1. The summed E-state index contributed by atoms with van der Waals surface area (Å²) in [7, 11) is 0. The average molecular weight is 242 g/mol. The van der Waals surface area contributed by atoms with Gasteiger partial charge in [-0.25, -0.2) is 0 Å². The molecule has 0 atom stereocenters. The Morgan fingerprint density at radius 1 is 1.17 bits per heavy atom. The summed E-state index contributed by atoms with van der Waals surface area (Å²) >= 11 is 0. The highest BCUT2D eigenvalue weighted by Crippen LogP contribution is 2.29. The number of aromatic nitrogens is 1. The minimum Gasteiger partial charge on any atom is -0.322 e. The largest absolute Gasteiger partial charge is 0.322 e. The summed E-state index contributed by atoms with van der Waals surface area (Å²) in [5, 5.41) is 1.17. The van der Waals surface area contributed by atoms with Gasteiger partial charge in [-0.05, 0) is 50.5 Å². The lowest BCUT2D eigenvalue weighted by Gasteiger charge is -2.23. The Bertz CT molecular complexity index is 577. The molecule has 18 heavy (non-hydrogen) atoms. The lowest BCUT2D eigenvalue weighted by molar-refractivity contribution is 0.557. The van der Waals surface area contributed by atoms with Gasteiger partial charge in [0.25, 0.3) is 0 Å². The number of nitrogens with two attached hydrogens (primary N) is 1. The van der Waals surface area contributed by atoms with Gasteiger partial charge >= 0.3 is 0 Å². The van der Waals surface area contributed by atoms with E-state index >= 15 is 0 Å². The van der Waals surface area contributed by atoms with Crippen LogP contribution in [0.2, 0.25) is 0 Å². The first kappa shape index (κ1) is 13.0. The van der Waals surface area contributed by atoms with Gasteiger partial charge in [-0.15, -0.1) is 0 Å². The maximum atomic E-state index is 6.31. The van der Waals surface area contributed by atoms with Crippen LogP contribution in [-0.4, -0.2) is 4.98 Å². The molecule has 0 aliphatic rings. The van der Waals surface area contributed by atoms with Crippen LogP contribution >= 0.6 is 0 Å². The van der Waals surface area contributed by atoms with Crippen molar-refractivity contribution in [1.29, 1.82) is 0 Å². The second kappa shape index (κ2) is 4.36. The molecule has 96 valence electrons. The quantitative estimate of drug-likeness (QED) is 0.868. The van der Waals surface area contributed by atoms with Crippen molar-refractivity contribution in [3.63, 3.8) is 0 Å². The van der Waals surface area contributed by atoms with Gasteiger partial charge in [0.1, 0.15) is 0 Å². The second-order valence-corrected chi connectivity index (χ2v) is 5.99. The van der Waals surface area contributed by atoms with E-state index in [-0.39, 0.29) is 5.54 Å². The number of hydrogen-bond donors (Lipinski definition) is 1. The molecule has 1 aromatic heterocycles. The molecule has 0 radical (unpaired) electrons. The Morgan fingerprint density at radius 3 is 2.39 bits per heavy atom. The molecule has 2 heteroatoms. The van der Waals surface area contributed by atoms with Gasteiger partial charge in [-0.3, -0.25) is 4.98 Å². The zero-order chi connectivity index (χ0) is 13.5. The van der Waals surface area contributed by atoms with Crippen LogP contribution in [0.15, 0.2) is 24.3 Å². The molecule has 1 heterocycles. The zero-order valence-electron chi connectivity index (χ0n) is 11.9. The van der Waals surface area contributed by atoms with E-state index < -0.39 is 0 Å². The number of aryl methyl sites for hydroxylation is 1. The summed E-state index contributed by atoms with van der Waals surface area (Å²) in [5.41, 5.74) is 10.5. The van der Waals surface area contributed by atoms with Crippen molar-refractivity contribution in [2.75, 3.05) is 0 Å². The molecular formula is C16H22N2. The number of nitrogens with zero attached hydrogens (tertiary/aromatic N) is 1. The first-order chi connectivity index (χ1) is 8.29. The van der Waals surface area contributed by atoms with Gasteiger partial charge < -0.3 is 5.73 Å². The molecule has 2 rings (SSSR count). The van der Waals surface area contributed by atoms with E-state index in [1.54, 1.807) is 0 Å². The van der Waals surface area contributed by atoms with Crippen molar-refractivity contribution in [3.05, 3.63) is 41.1 Å². The lowest BCUT2D eigenvalue weighted by Crippen LogP contribution is -2.29. The topological polar surface area (TPSA) is 38.9 Å². The van der Waals surface area contributed by atoms with Gasteiger partial charge in [0.15, 0.2) is 0 Å². The normalized spacial score (nSPS) is 12.4. The monoisotopic (exact) mass is 242 g/mol. The third-order valence-electron chi connectivity index (χ3n) is 3.27. The van der Waals surface area contributed by atoms with E-state index in [4.69, 9.17) is 10.7 Å². The molecule has 0 aliphatic carbocycles. The molecule has 2 aromatic rings. The second-order valence-electron chi connectivity index (χ2n) is 5.99. The highest BCUT2D eigenvalue weighted by Gasteiger charge is 2.19. The molecule has 0 saturated heterocycles. The smallest absolute Gasteiger partial charge is 0.0709 e. The van der Waals surface area contributed by atoms with Crippen LogP contribution < -0.4 is 5.73 Å². The van der Waals surface area contributed by atoms with Crippen molar-refractivity contribution in [3.8, 4) is 0 Å². The summed E-state index contributed by atoms with van der Waals surface area (Å²) in [6, 6.07) is 8.53. The Hall–Kier alpha value is -1.41. The third kappa shape index (κ3) is 2.39. The maximum Gasteiger partial charge on any atom is 0.0709 e. The molecular weight excluding hydrogens is 220 g/mol. The average Bonchev–Trinajstić information content (AvgIpc) is 2.26. The fourth-order valence-electron chi connectivity index (χ4n) is 2.19. The third-order valence-corrected chi connectivity index (χ3v) is 3.27. The number of fused-ring (bicyclic) bond motifs is 1. The van der Waals surface area contributed by atoms with Crippen LogP contribution in [0.25, 0.3) is 10.9 Å². The Morgan fingerprint density at radius 2 is 1.83 bits per heavy atom. The van der Waals surface area contributed by atoms with E-state index in [0.29, 0.717) is 5.92 Å². The molecule has 2 N–H and O–H groups in total. The minimum atomic E-state index is -0.349. The van der Waals surface area contributed by atoms with E-state index in [1.165, 1.54) is 16.5 Å². The van der Waals surface area contributed by atoms with Crippen LogP contribution in [0, 0.1) is 6.92 Å². The molecule has 1 aromatic carbocycles. The summed E-state index contributed by atoms with van der Waals surface area (Å²) in [4.78, 5) is 4.73. The fourth-order valence-corrected chi connectivity index (χ4v) is 2.19. The van der Waals surface area contributed by atoms with E-state index in [2.05, 4.69) is 45.0 Å². The van der Waals surface area contributed by atoms with E-state index in [1.807, 2.05) is 13.8 Å². The summed E-state index contributed by atoms with van der Waals surface area (Å²) in [6.45, 7) is 10.5. The first-order valence-electron chi connectivity index (χ1n) is 6.49. The van der Waals surface area contributed by atoms with Crippen LogP contribution in [-0.2, 0) is 5.54 Å². The Balaban J connectivity index is 2.82. The predicted octanol–water partition coefficient (Wildman–Crippen LogP) is 3.86. The molecule has 0 amide bonds. The molecule has 0 saturated carbocycles. The predicted molar refractivity (Wildman–Crippen MR) is 77.8 cm³/mol. The van der Waals surface area contributed by atoms with Gasteiger partial charge in [0, 0.05) is 16.6 Å². The van der Waals surface area contributed by atoms with E-state index in [9.17, 15) is 0 Å². The van der Waals surface area contributed by atoms with Crippen molar-refractivity contribution in [2.24, 2.45) is 5.73 Å². The van der Waals surface area contributed by atoms with Gasteiger partial charge in [0.05, 0.1) is 5.52 Å². The highest BCUT2D eigenvalue weighted by atomic mass is 14.7. The highest BCUT2D eigenvalue weighted by molar-refractivity contribution is 5.84. The van der Waals surface area contributed by atoms with Crippen LogP contribution in [0.4, 0.5) is 0 Å². The summed E-state index contributed by atoms with van der Waals surface area (Å²) in [5.74, 6) is 0.414. The molecule has 0 unspecified atom stereocenters. The van der Waals surface area contributed by atoms with Gasteiger partial charge in [0.2, 0.25) is 0 Å². The van der Waals surface area contributed by atoms with E-state index in [0.717, 1.165) is 11.2 Å². The number of rotatable bonds is 2. The lowest BCUT2D eigenvalue weighted by atomic mass is 9.89. The number of benzene rings is 1. The zero-order valence-corrected chi connectivity index (χ0v) is 11.9. The van der Waals surface area contributed by atoms with Crippen molar-refractivity contribution in [1.82, 2.24) is 4.98 Å². The van der Waals surface area contributed by atoms with Gasteiger partial charge in [-0.2, -0.15) is 0 Å². The first-order valence-corrected chi connectivity index (χ1v) is 6.49. The molecule has 0 bridgehead atoms. The standard InChI is InChI=1S/C16H22N2/c1-10(2)15-9-13(16(4,5)17)12-8-11(3)6-7-14(12)18-15/h6-10H,17H2,1-5H3. The maximum absolute atomic E-state index is 6.31. The van der Waals surface area contributed by atoms with Crippen molar-refractivity contribution in [2.45, 2.75) is 46.1 Å². The molecule has 0 fully saturated rings. The summed E-state index contributed by atoms with van der Waals surface area (Å²) in [6.07, 6.45) is 0. The van der Waals surface area contributed by atoms with Gasteiger partial charge in [-0.1, -0.05) is 25.5 Å². The van der Waals surface area contributed by atoms with Crippen LogP contribution in [0.3, 0.4) is 0 Å². The van der Waals surface area contributed by atoms with Crippen molar-refractivity contribution < 1.29 is 0 Å². The van der Waals surface area contributed by atoms with Crippen LogP contribution in [0.1, 0.15) is 50.4 Å². The van der Waals surface area contributed by atoms with Crippen LogP contribution in [0.5, 0.6) is 0 Å². The minimum absolute atomic E-state index is 0.349.